The average molecular weight is 283 g/mol. The Bertz CT molecular complexity index is 335. The molecule has 2 saturated heterocycles. The van der Waals surface area contributed by atoms with Crippen molar-refractivity contribution in [2.45, 2.75) is 12.8 Å². The predicted octanol–water partition coefficient (Wildman–Crippen LogP) is 0.514. The Balaban J connectivity index is 1.96. The van der Waals surface area contributed by atoms with E-state index in [0.717, 1.165) is 12.8 Å². The Morgan fingerprint density at radius 3 is 2.12 bits per heavy atom. The summed E-state index contributed by atoms with van der Waals surface area (Å²) in [5, 5.41) is 0. The van der Waals surface area contributed by atoms with Crippen molar-refractivity contribution in [2.75, 3.05) is 45.3 Å². The van der Waals surface area contributed by atoms with Gasteiger partial charge in [-0.3, -0.25) is 0 Å². The summed E-state index contributed by atoms with van der Waals surface area (Å²) in [5.74, 6) is 1.10. The fraction of sp³-hybridized carbons (Fsp3) is 1.00. The first-order valence-corrected chi connectivity index (χ1v) is 7.96. The molecular formula is C10H19ClN2O3S. The second-order valence-corrected chi connectivity index (χ2v) is 6.75. The molecule has 2 rings (SSSR count). The van der Waals surface area contributed by atoms with E-state index in [2.05, 4.69) is 0 Å². The fourth-order valence-corrected chi connectivity index (χ4v) is 4.15. The third-order valence-corrected chi connectivity index (χ3v) is 5.89. The molecule has 100 valence electrons. The molecule has 7 heteroatoms. The minimum Gasteiger partial charge on any atom is -0.379 e. The van der Waals surface area contributed by atoms with Gasteiger partial charge in [-0.1, -0.05) is 0 Å². The van der Waals surface area contributed by atoms with Gasteiger partial charge in [-0.15, -0.1) is 11.6 Å². The van der Waals surface area contributed by atoms with Crippen LogP contribution in [0, 0.1) is 5.92 Å². The van der Waals surface area contributed by atoms with Crippen LogP contribution in [-0.4, -0.2) is 62.3 Å². The average Bonchev–Trinajstić information content (AvgIpc) is 2.40. The molecular weight excluding hydrogens is 264 g/mol. The highest BCUT2D eigenvalue weighted by Gasteiger charge is 2.33. The minimum absolute atomic E-state index is 0.466. The van der Waals surface area contributed by atoms with E-state index in [-0.39, 0.29) is 0 Å². The van der Waals surface area contributed by atoms with Crippen LogP contribution >= 0.6 is 11.6 Å². The van der Waals surface area contributed by atoms with Crippen molar-refractivity contribution in [3.05, 3.63) is 0 Å². The fourth-order valence-electron chi connectivity index (χ4n) is 2.23. The lowest BCUT2D eigenvalue weighted by atomic mass is 10.0. The lowest BCUT2D eigenvalue weighted by Crippen LogP contribution is -2.50. The van der Waals surface area contributed by atoms with Gasteiger partial charge in [0.25, 0.3) is 10.2 Å². The number of alkyl halides is 1. The molecule has 0 bridgehead atoms. The number of hydrogen-bond acceptors (Lipinski definition) is 3. The van der Waals surface area contributed by atoms with E-state index in [0.29, 0.717) is 51.2 Å². The summed E-state index contributed by atoms with van der Waals surface area (Å²) in [7, 11) is -3.27. The van der Waals surface area contributed by atoms with Gasteiger partial charge in [-0.25, -0.2) is 0 Å². The molecule has 0 saturated carbocycles. The monoisotopic (exact) mass is 282 g/mol. The molecule has 17 heavy (non-hydrogen) atoms. The maximum absolute atomic E-state index is 12.3. The maximum Gasteiger partial charge on any atom is 0.282 e. The van der Waals surface area contributed by atoms with Crippen LogP contribution in [0.1, 0.15) is 12.8 Å². The normalized spacial score (nSPS) is 26.2. The maximum atomic E-state index is 12.3. The number of ether oxygens (including phenoxy) is 1. The number of rotatable bonds is 3. The van der Waals surface area contributed by atoms with Gasteiger partial charge in [0.1, 0.15) is 0 Å². The largest absolute Gasteiger partial charge is 0.379 e. The zero-order valence-electron chi connectivity index (χ0n) is 9.85. The van der Waals surface area contributed by atoms with Crippen LogP contribution in [-0.2, 0) is 14.9 Å². The molecule has 0 radical (unpaired) electrons. The molecule has 0 unspecified atom stereocenters. The molecule has 0 aromatic carbocycles. The van der Waals surface area contributed by atoms with Crippen molar-refractivity contribution >= 4 is 21.8 Å². The summed E-state index contributed by atoms with van der Waals surface area (Å²) in [6, 6.07) is 0. The van der Waals surface area contributed by atoms with E-state index in [1.165, 1.54) is 4.31 Å². The van der Waals surface area contributed by atoms with Crippen molar-refractivity contribution < 1.29 is 13.2 Å². The Morgan fingerprint density at radius 1 is 1.06 bits per heavy atom. The lowest BCUT2D eigenvalue weighted by Gasteiger charge is -2.35. The van der Waals surface area contributed by atoms with Gasteiger partial charge in [-0.2, -0.15) is 17.0 Å². The first-order chi connectivity index (χ1) is 8.14. The minimum atomic E-state index is -3.27. The van der Waals surface area contributed by atoms with Crippen molar-refractivity contribution in [3.8, 4) is 0 Å². The molecule has 0 aromatic heterocycles. The van der Waals surface area contributed by atoms with Crippen molar-refractivity contribution in [2.24, 2.45) is 5.92 Å². The van der Waals surface area contributed by atoms with Crippen LogP contribution in [0.15, 0.2) is 0 Å². The van der Waals surface area contributed by atoms with Crippen LogP contribution in [0.3, 0.4) is 0 Å². The van der Waals surface area contributed by atoms with Crippen LogP contribution in [0.4, 0.5) is 0 Å². The Morgan fingerprint density at radius 2 is 1.59 bits per heavy atom. The lowest BCUT2D eigenvalue weighted by molar-refractivity contribution is 0.0694. The summed E-state index contributed by atoms with van der Waals surface area (Å²) < 4.78 is 32.9. The molecule has 2 heterocycles. The second kappa shape index (κ2) is 5.84. The first-order valence-electron chi connectivity index (χ1n) is 6.03. The number of piperidine rings is 1. The zero-order chi connectivity index (χ0) is 12.3. The van der Waals surface area contributed by atoms with Crippen molar-refractivity contribution in [3.63, 3.8) is 0 Å². The SMILES string of the molecule is O=S(=O)(N1CCOCC1)N1CCC(CCl)CC1. The van der Waals surface area contributed by atoms with Crippen LogP contribution in [0.2, 0.25) is 0 Å². The van der Waals surface area contributed by atoms with E-state index in [9.17, 15) is 8.42 Å². The zero-order valence-corrected chi connectivity index (χ0v) is 11.4. The van der Waals surface area contributed by atoms with Crippen molar-refractivity contribution in [1.29, 1.82) is 0 Å². The van der Waals surface area contributed by atoms with Crippen LogP contribution in [0.25, 0.3) is 0 Å². The Labute approximate surface area is 108 Å². The highest BCUT2D eigenvalue weighted by Crippen LogP contribution is 2.22. The van der Waals surface area contributed by atoms with Gasteiger partial charge in [0, 0.05) is 32.1 Å². The van der Waals surface area contributed by atoms with Gasteiger partial charge >= 0.3 is 0 Å². The molecule has 0 atom stereocenters. The molecule has 0 amide bonds. The third kappa shape index (κ3) is 3.12. The van der Waals surface area contributed by atoms with E-state index >= 15 is 0 Å². The topological polar surface area (TPSA) is 49.9 Å². The van der Waals surface area contributed by atoms with E-state index in [1.54, 1.807) is 4.31 Å². The highest BCUT2D eigenvalue weighted by molar-refractivity contribution is 7.86. The van der Waals surface area contributed by atoms with Crippen molar-refractivity contribution in [1.82, 2.24) is 8.61 Å². The summed E-state index contributed by atoms with van der Waals surface area (Å²) >= 11 is 5.80. The van der Waals surface area contributed by atoms with Gasteiger partial charge in [-0.05, 0) is 18.8 Å². The first kappa shape index (κ1) is 13.5. The Hall–Kier alpha value is 0.120. The van der Waals surface area contributed by atoms with Gasteiger partial charge in [0.05, 0.1) is 13.2 Å². The number of halogens is 1. The summed E-state index contributed by atoms with van der Waals surface area (Å²) in [5.41, 5.74) is 0. The molecule has 0 aromatic rings. The molecule has 5 nitrogen and oxygen atoms in total. The van der Waals surface area contributed by atoms with Gasteiger partial charge < -0.3 is 4.74 Å². The van der Waals surface area contributed by atoms with Gasteiger partial charge in [0.15, 0.2) is 0 Å². The smallest absolute Gasteiger partial charge is 0.282 e. The van der Waals surface area contributed by atoms with E-state index in [1.807, 2.05) is 0 Å². The van der Waals surface area contributed by atoms with Gasteiger partial charge in [0.2, 0.25) is 0 Å². The number of morpholine rings is 1. The standard InChI is InChI=1S/C10H19ClN2O3S/c11-9-10-1-3-12(4-2-10)17(14,15)13-5-7-16-8-6-13/h10H,1-9H2. The van der Waals surface area contributed by atoms with E-state index in [4.69, 9.17) is 16.3 Å². The highest BCUT2D eigenvalue weighted by atomic mass is 35.5. The molecule has 0 aliphatic carbocycles. The number of nitrogens with zero attached hydrogens (tertiary/aromatic N) is 2. The Kier molecular flexibility index (Phi) is 4.65. The van der Waals surface area contributed by atoms with Crippen LogP contribution in [0.5, 0.6) is 0 Å². The third-order valence-electron chi connectivity index (χ3n) is 3.41. The molecule has 0 spiro atoms. The summed E-state index contributed by atoms with van der Waals surface area (Å²) in [6.45, 7) is 3.12. The summed E-state index contributed by atoms with van der Waals surface area (Å²) in [4.78, 5) is 0. The number of hydrogen-bond donors (Lipinski definition) is 0. The molecule has 2 aliphatic rings. The molecule has 2 fully saturated rings. The second-order valence-electron chi connectivity index (χ2n) is 4.52. The summed E-state index contributed by atoms with van der Waals surface area (Å²) in [6.07, 6.45) is 1.74. The van der Waals surface area contributed by atoms with Crippen LogP contribution < -0.4 is 0 Å². The van der Waals surface area contributed by atoms with E-state index < -0.39 is 10.2 Å². The molecule has 0 N–H and O–H groups in total. The molecule has 2 aliphatic heterocycles. The predicted molar refractivity (Wildman–Crippen MR) is 66.3 cm³/mol. The quantitative estimate of drug-likeness (QED) is 0.709.